The molecule has 2 aromatic carbocycles. The highest BCUT2D eigenvalue weighted by atomic mass is 32.2. The quantitative estimate of drug-likeness (QED) is 0.484. The third-order valence-electron chi connectivity index (χ3n) is 3.07. The van der Waals surface area contributed by atoms with Crippen molar-refractivity contribution in [1.82, 2.24) is 0 Å². The molecule has 2 aromatic rings. The maximum absolute atomic E-state index is 12.0. The molecule has 1 heterocycles. The SMILES string of the molecule is NC(N)=NN=Cc1ccc(OC2=NS(=O)(=O)c3ccccc32)cc1. The molecule has 0 radical (unpaired) electrons. The summed E-state index contributed by atoms with van der Waals surface area (Å²) in [5.74, 6) is 0.359. The first-order valence-electron chi connectivity index (χ1n) is 6.80. The molecule has 3 rings (SSSR count). The summed E-state index contributed by atoms with van der Waals surface area (Å²) >= 11 is 0. The van der Waals surface area contributed by atoms with E-state index < -0.39 is 10.0 Å². The smallest absolute Gasteiger partial charge is 0.286 e. The van der Waals surface area contributed by atoms with Gasteiger partial charge in [0.15, 0.2) is 0 Å². The fourth-order valence-electron chi connectivity index (χ4n) is 2.05. The summed E-state index contributed by atoms with van der Waals surface area (Å²) in [6.07, 6.45) is 1.47. The number of ether oxygens (including phenoxy) is 1. The van der Waals surface area contributed by atoms with E-state index in [1.807, 2.05) is 0 Å². The molecule has 0 fully saturated rings. The van der Waals surface area contributed by atoms with Crippen LogP contribution in [0.2, 0.25) is 0 Å². The molecule has 0 saturated carbocycles. The normalized spacial score (nSPS) is 14.9. The Labute approximate surface area is 138 Å². The molecule has 0 atom stereocenters. The first kappa shape index (κ1) is 15.7. The Morgan fingerprint density at radius 3 is 2.50 bits per heavy atom. The molecule has 8 nitrogen and oxygen atoms in total. The van der Waals surface area contributed by atoms with Gasteiger partial charge in [-0.25, -0.2) is 0 Å². The summed E-state index contributed by atoms with van der Waals surface area (Å²) in [6.45, 7) is 0. The van der Waals surface area contributed by atoms with E-state index in [4.69, 9.17) is 16.2 Å². The van der Waals surface area contributed by atoms with Crippen molar-refractivity contribution in [2.75, 3.05) is 0 Å². The molecule has 0 saturated heterocycles. The van der Waals surface area contributed by atoms with Crippen molar-refractivity contribution in [2.24, 2.45) is 26.1 Å². The van der Waals surface area contributed by atoms with Crippen LogP contribution < -0.4 is 16.2 Å². The average Bonchev–Trinajstić information content (AvgIpc) is 2.80. The van der Waals surface area contributed by atoms with Crippen molar-refractivity contribution in [3.8, 4) is 5.75 Å². The Bertz CT molecular complexity index is 959. The molecular weight excluding hydrogens is 330 g/mol. The molecule has 1 aliphatic rings. The van der Waals surface area contributed by atoms with Gasteiger partial charge in [0.05, 0.1) is 11.8 Å². The van der Waals surface area contributed by atoms with Crippen LogP contribution in [-0.2, 0) is 10.0 Å². The molecule has 0 unspecified atom stereocenters. The molecule has 0 aliphatic carbocycles. The van der Waals surface area contributed by atoms with Crippen LogP contribution in [0.15, 0.2) is 68.0 Å². The van der Waals surface area contributed by atoms with Gasteiger partial charge in [0.25, 0.3) is 10.0 Å². The molecule has 0 bridgehead atoms. The Balaban J connectivity index is 1.81. The van der Waals surface area contributed by atoms with E-state index in [0.717, 1.165) is 5.56 Å². The van der Waals surface area contributed by atoms with Crippen LogP contribution in [-0.4, -0.2) is 26.5 Å². The predicted molar refractivity (Wildman–Crippen MR) is 90.6 cm³/mol. The van der Waals surface area contributed by atoms with Gasteiger partial charge in [-0.15, -0.1) is 9.50 Å². The summed E-state index contributed by atoms with van der Waals surface area (Å²) in [6, 6.07) is 13.3. The predicted octanol–water partition coefficient (Wildman–Crippen LogP) is 0.822. The second kappa shape index (κ2) is 6.13. The van der Waals surface area contributed by atoms with Crippen molar-refractivity contribution in [3.63, 3.8) is 0 Å². The van der Waals surface area contributed by atoms with Crippen molar-refractivity contribution < 1.29 is 13.2 Å². The van der Waals surface area contributed by atoms with E-state index in [1.54, 1.807) is 42.5 Å². The first-order chi connectivity index (χ1) is 11.5. The number of benzene rings is 2. The average molecular weight is 343 g/mol. The number of hydrogen-bond donors (Lipinski definition) is 2. The lowest BCUT2D eigenvalue weighted by atomic mass is 10.2. The van der Waals surface area contributed by atoms with E-state index in [2.05, 4.69) is 14.6 Å². The van der Waals surface area contributed by atoms with Gasteiger partial charge >= 0.3 is 0 Å². The van der Waals surface area contributed by atoms with Gasteiger partial charge < -0.3 is 16.2 Å². The lowest BCUT2D eigenvalue weighted by Gasteiger charge is -2.05. The number of fused-ring (bicyclic) bond motifs is 1. The van der Waals surface area contributed by atoms with Crippen LogP contribution in [0, 0.1) is 0 Å². The van der Waals surface area contributed by atoms with Gasteiger partial charge in [0.1, 0.15) is 10.6 Å². The van der Waals surface area contributed by atoms with Gasteiger partial charge in [0.2, 0.25) is 11.9 Å². The minimum absolute atomic E-state index is 0.0486. The lowest BCUT2D eigenvalue weighted by molar-refractivity contribution is 0.554. The van der Waals surface area contributed by atoms with Crippen molar-refractivity contribution in [1.29, 1.82) is 0 Å². The molecule has 0 aromatic heterocycles. The largest absolute Gasteiger partial charge is 0.438 e. The minimum atomic E-state index is -3.70. The van der Waals surface area contributed by atoms with Crippen molar-refractivity contribution in [2.45, 2.75) is 4.90 Å². The number of nitrogens with two attached hydrogens (primary N) is 2. The Kier molecular flexibility index (Phi) is 4.00. The number of rotatable bonds is 3. The fourth-order valence-corrected chi connectivity index (χ4v) is 3.18. The summed E-state index contributed by atoms with van der Waals surface area (Å²) < 4.78 is 33.2. The monoisotopic (exact) mass is 343 g/mol. The topological polar surface area (TPSA) is 132 Å². The number of hydrogen-bond acceptors (Lipinski definition) is 5. The van der Waals surface area contributed by atoms with Crippen LogP contribution in [0.4, 0.5) is 0 Å². The molecule has 4 N–H and O–H groups in total. The highest BCUT2D eigenvalue weighted by molar-refractivity contribution is 7.90. The summed E-state index contributed by atoms with van der Waals surface area (Å²) in [7, 11) is -3.70. The fraction of sp³-hybridized carbons (Fsp3) is 0. The van der Waals surface area contributed by atoms with Gasteiger partial charge in [-0.1, -0.05) is 12.1 Å². The second-order valence-electron chi connectivity index (χ2n) is 4.81. The first-order valence-corrected chi connectivity index (χ1v) is 8.24. The van der Waals surface area contributed by atoms with Gasteiger partial charge in [-0.3, -0.25) is 0 Å². The Morgan fingerprint density at radius 2 is 1.79 bits per heavy atom. The van der Waals surface area contributed by atoms with Gasteiger partial charge in [0, 0.05) is 0 Å². The molecule has 0 spiro atoms. The van der Waals surface area contributed by atoms with Crippen LogP contribution in [0.3, 0.4) is 0 Å². The zero-order valence-electron chi connectivity index (χ0n) is 12.3. The zero-order chi connectivity index (χ0) is 17.2. The molecule has 1 aliphatic heterocycles. The highest BCUT2D eigenvalue weighted by Crippen LogP contribution is 2.27. The molecule has 122 valence electrons. The van der Waals surface area contributed by atoms with E-state index in [0.29, 0.717) is 11.3 Å². The highest BCUT2D eigenvalue weighted by Gasteiger charge is 2.29. The van der Waals surface area contributed by atoms with Crippen LogP contribution in [0.25, 0.3) is 0 Å². The minimum Gasteiger partial charge on any atom is -0.438 e. The van der Waals surface area contributed by atoms with Crippen molar-refractivity contribution >= 4 is 28.1 Å². The molecule has 24 heavy (non-hydrogen) atoms. The van der Waals surface area contributed by atoms with Crippen LogP contribution in [0.1, 0.15) is 11.1 Å². The number of guanidine groups is 1. The molecule has 0 amide bonds. The Morgan fingerprint density at radius 1 is 1.08 bits per heavy atom. The van der Waals surface area contributed by atoms with E-state index >= 15 is 0 Å². The summed E-state index contributed by atoms with van der Waals surface area (Å²) in [4.78, 5) is 0.140. The molecule has 9 heteroatoms. The van der Waals surface area contributed by atoms with Crippen LogP contribution in [0.5, 0.6) is 5.75 Å². The van der Waals surface area contributed by atoms with Crippen LogP contribution >= 0.6 is 0 Å². The van der Waals surface area contributed by atoms with E-state index in [1.165, 1.54) is 12.3 Å². The Hall–Kier alpha value is -3.20. The lowest BCUT2D eigenvalue weighted by Crippen LogP contribution is -2.21. The number of sulfonamides is 1. The van der Waals surface area contributed by atoms with Gasteiger partial charge in [-0.2, -0.15) is 13.5 Å². The second-order valence-corrected chi connectivity index (χ2v) is 6.38. The van der Waals surface area contributed by atoms with Gasteiger partial charge in [-0.05, 0) is 42.0 Å². The maximum atomic E-state index is 12.0. The van der Waals surface area contributed by atoms with E-state index in [9.17, 15) is 8.42 Å². The molecular formula is C15H13N5O3S. The van der Waals surface area contributed by atoms with Crippen molar-refractivity contribution in [3.05, 3.63) is 59.7 Å². The standard InChI is InChI=1S/C15H13N5O3S/c16-15(17)19-18-9-10-5-7-11(8-6-10)23-14-12-3-1-2-4-13(12)24(21,22)20-14/h1-9H,(H4,16,17,19). The van der Waals surface area contributed by atoms with E-state index in [-0.39, 0.29) is 16.8 Å². The number of nitrogens with zero attached hydrogens (tertiary/aromatic N) is 3. The third kappa shape index (κ3) is 3.25. The summed E-state index contributed by atoms with van der Waals surface area (Å²) in [5, 5.41) is 7.18. The zero-order valence-corrected chi connectivity index (χ0v) is 13.1. The third-order valence-corrected chi connectivity index (χ3v) is 4.39. The summed E-state index contributed by atoms with van der Waals surface area (Å²) in [5.41, 5.74) is 11.5. The maximum Gasteiger partial charge on any atom is 0.286 e.